The number of esters is 1. The van der Waals surface area contributed by atoms with Gasteiger partial charge in [-0.3, -0.25) is 19.2 Å². The van der Waals surface area contributed by atoms with Crippen molar-refractivity contribution >= 4 is 35.3 Å². The number of nitrogens with one attached hydrogen (secondary N) is 2. The quantitative estimate of drug-likeness (QED) is 0.103. The first kappa shape index (κ1) is 48.8. The summed E-state index contributed by atoms with van der Waals surface area (Å²) in [6.07, 6.45) is 2.71. The molecule has 0 heterocycles. The maximum Gasteiger partial charge on any atom is 0.341 e. The van der Waals surface area contributed by atoms with Crippen LogP contribution in [0.2, 0.25) is 0 Å². The number of ether oxygens (including phenoxy) is 2. The minimum atomic E-state index is -0.760. The molecule has 0 saturated carbocycles. The summed E-state index contributed by atoms with van der Waals surface area (Å²) < 4.78 is 24.7. The Morgan fingerprint density at radius 3 is 1.88 bits per heavy atom. The van der Waals surface area contributed by atoms with Gasteiger partial charge in [-0.1, -0.05) is 59.7 Å². The highest BCUT2D eigenvalue weighted by atomic mass is 19.1. The molecule has 4 N–H and O–H groups in total. The topological polar surface area (TPSA) is 160 Å². The first-order valence-corrected chi connectivity index (χ1v) is 19.7. The average molecular weight is 806 g/mol. The Balaban J connectivity index is 0.00000218. The van der Waals surface area contributed by atoms with Crippen LogP contribution in [0.15, 0.2) is 66.7 Å². The summed E-state index contributed by atoms with van der Waals surface area (Å²) in [5.74, 6) is -1.47. The van der Waals surface area contributed by atoms with Gasteiger partial charge in [0.05, 0.1) is 25.3 Å². The van der Waals surface area contributed by atoms with Gasteiger partial charge in [0.1, 0.15) is 18.2 Å². The largest absolute Gasteiger partial charge is 0.492 e. The van der Waals surface area contributed by atoms with Crippen LogP contribution >= 0.6 is 0 Å². The fraction of sp³-hybridized carbons (Fsp3) is 0.489. The smallest absolute Gasteiger partial charge is 0.341 e. The van der Waals surface area contributed by atoms with E-state index in [1.165, 1.54) is 18.2 Å². The molecule has 0 aliphatic rings. The van der Waals surface area contributed by atoms with E-state index < -0.39 is 11.8 Å². The molecule has 3 rings (SSSR count). The third-order valence-corrected chi connectivity index (χ3v) is 8.83. The fourth-order valence-corrected chi connectivity index (χ4v) is 5.25. The average Bonchev–Trinajstić information content (AvgIpc) is 3.17. The van der Waals surface area contributed by atoms with Crippen molar-refractivity contribution in [3.8, 4) is 5.75 Å². The van der Waals surface area contributed by atoms with Crippen LogP contribution < -0.4 is 21.1 Å². The summed E-state index contributed by atoms with van der Waals surface area (Å²) in [6, 6.07) is 18.0. The van der Waals surface area contributed by atoms with Crippen LogP contribution in [-0.4, -0.2) is 86.3 Å². The number of likely N-dealkylation sites (N-methyl/N-ethyl adjacent to an activating group) is 2. The highest BCUT2D eigenvalue weighted by molar-refractivity contribution is 5.94. The third-order valence-electron chi connectivity index (χ3n) is 8.83. The van der Waals surface area contributed by atoms with E-state index in [0.717, 1.165) is 5.56 Å². The molecule has 0 saturated heterocycles. The summed E-state index contributed by atoms with van der Waals surface area (Å²) in [7, 11) is 3.52. The molecular weight excluding hydrogens is 742 g/mol. The van der Waals surface area contributed by atoms with Gasteiger partial charge in [-0.25, -0.2) is 9.18 Å². The molecule has 0 radical (unpaired) electrons. The van der Waals surface area contributed by atoms with Gasteiger partial charge in [0.15, 0.2) is 0 Å². The normalized spacial score (nSPS) is 11.1. The van der Waals surface area contributed by atoms with Gasteiger partial charge in [-0.15, -0.1) is 0 Å². The lowest BCUT2D eigenvalue weighted by atomic mass is 9.83. The zero-order chi connectivity index (χ0) is 43.5. The second-order valence-electron chi connectivity index (χ2n) is 16.6. The van der Waals surface area contributed by atoms with Crippen molar-refractivity contribution in [3.05, 3.63) is 94.8 Å². The van der Waals surface area contributed by atoms with Gasteiger partial charge in [0.25, 0.3) is 5.91 Å². The van der Waals surface area contributed by atoms with Gasteiger partial charge in [0, 0.05) is 51.3 Å². The Bertz CT molecular complexity index is 1780. The van der Waals surface area contributed by atoms with E-state index in [2.05, 4.69) is 52.2 Å². The number of amides is 4. The van der Waals surface area contributed by atoms with Crippen LogP contribution in [0, 0.1) is 16.6 Å². The maximum atomic E-state index is 14.0. The molecule has 13 heteroatoms. The second kappa shape index (κ2) is 23.8. The second-order valence-corrected chi connectivity index (χ2v) is 16.6. The molecule has 0 bridgehead atoms. The van der Waals surface area contributed by atoms with Crippen molar-refractivity contribution in [2.45, 2.75) is 87.1 Å². The molecule has 4 amide bonds. The zero-order valence-corrected chi connectivity index (χ0v) is 35.8. The van der Waals surface area contributed by atoms with E-state index in [4.69, 9.17) is 15.2 Å². The van der Waals surface area contributed by atoms with Gasteiger partial charge < -0.3 is 35.6 Å². The number of nitrogens with zero attached hydrogens (tertiary/aromatic N) is 2. The van der Waals surface area contributed by atoms with Crippen LogP contribution in [0.3, 0.4) is 0 Å². The number of benzene rings is 3. The first-order valence-electron chi connectivity index (χ1n) is 19.7. The van der Waals surface area contributed by atoms with Gasteiger partial charge in [0.2, 0.25) is 17.7 Å². The van der Waals surface area contributed by atoms with Crippen LogP contribution in [0.4, 0.5) is 10.1 Å². The van der Waals surface area contributed by atoms with Crippen molar-refractivity contribution in [2.75, 3.05) is 52.3 Å². The summed E-state index contributed by atoms with van der Waals surface area (Å²) in [5, 5.41) is 5.46. The Hall–Kier alpha value is -5.30. The van der Waals surface area contributed by atoms with Gasteiger partial charge in [-0.2, -0.15) is 0 Å². The molecule has 0 unspecified atom stereocenters. The fourth-order valence-electron chi connectivity index (χ4n) is 5.25. The van der Waals surface area contributed by atoms with Crippen molar-refractivity contribution in [3.63, 3.8) is 0 Å². The molecule has 3 aromatic carbocycles. The van der Waals surface area contributed by atoms with Crippen molar-refractivity contribution in [1.82, 2.24) is 15.1 Å². The number of carbonyl (C=O) groups excluding carboxylic acids is 5. The predicted octanol–water partition coefficient (Wildman–Crippen LogP) is 7.01. The van der Waals surface area contributed by atoms with Crippen molar-refractivity contribution < 1.29 is 37.8 Å². The van der Waals surface area contributed by atoms with E-state index in [1.54, 1.807) is 55.1 Å². The molecule has 3 aromatic rings. The number of halogens is 1. The highest BCUT2D eigenvalue weighted by Crippen LogP contribution is 2.29. The number of nitrogens with two attached hydrogens (primary N) is 1. The predicted molar refractivity (Wildman–Crippen MR) is 226 cm³/mol. The molecule has 0 atom stereocenters. The van der Waals surface area contributed by atoms with E-state index in [-0.39, 0.29) is 60.9 Å². The van der Waals surface area contributed by atoms with Crippen LogP contribution in [0.25, 0.3) is 0 Å². The van der Waals surface area contributed by atoms with E-state index >= 15 is 0 Å². The first-order chi connectivity index (χ1) is 27.2. The zero-order valence-electron chi connectivity index (χ0n) is 35.8. The van der Waals surface area contributed by atoms with E-state index in [0.29, 0.717) is 73.2 Å². The van der Waals surface area contributed by atoms with E-state index in [9.17, 15) is 28.4 Å². The van der Waals surface area contributed by atoms with Gasteiger partial charge in [-0.05, 0) is 96.7 Å². The van der Waals surface area contributed by atoms with Crippen molar-refractivity contribution in [1.29, 1.82) is 0 Å². The van der Waals surface area contributed by atoms with Gasteiger partial charge >= 0.3 is 5.97 Å². The number of carbonyl (C=O) groups is 5. The summed E-state index contributed by atoms with van der Waals surface area (Å²) >= 11 is 0. The summed E-state index contributed by atoms with van der Waals surface area (Å²) in [5.41, 5.74) is 8.12. The monoisotopic (exact) mass is 805 g/mol. The summed E-state index contributed by atoms with van der Waals surface area (Å²) in [4.78, 5) is 65.1. The molecule has 58 heavy (non-hydrogen) atoms. The Kier molecular flexibility index (Phi) is 20.1. The molecule has 0 spiro atoms. The van der Waals surface area contributed by atoms with E-state index in [1.807, 2.05) is 24.3 Å². The minimum Gasteiger partial charge on any atom is -0.492 e. The lowest BCUT2D eigenvalue weighted by Gasteiger charge is -2.27. The molecule has 0 aliphatic carbocycles. The lowest BCUT2D eigenvalue weighted by molar-refractivity contribution is -0.131. The number of hydrogen-bond donors (Lipinski definition) is 3. The third kappa shape index (κ3) is 19.2. The molecule has 0 aromatic heterocycles. The van der Waals surface area contributed by atoms with Crippen LogP contribution in [0.5, 0.6) is 5.75 Å². The standard InChI is InChI=1S/C40H52FN5O7.C5H12/c1-6-52-39(51)33-25-29(9-16-34(33)41)27-43-38(50)30-10-14-32(15-11-30)53-24-23-46(5)37(49)18-21-40(2,3)20-17-36(48)45(4)22-19-28-7-12-31(13-8-28)44-35(47)26-42;1-5(2,3)4/h7-16,25H,6,17-24,26-27,42H2,1-5H3,(H,43,50)(H,44,47);1-4H3. The highest BCUT2D eigenvalue weighted by Gasteiger charge is 2.23. The number of hydrogen-bond acceptors (Lipinski definition) is 8. The minimum absolute atomic E-state index is 0.0127. The molecule has 318 valence electrons. The Morgan fingerprint density at radius 1 is 0.776 bits per heavy atom. The maximum absolute atomic E-state index is 14.0. The Labute approximate surface area is 344 Å². The lowest BCUT2D eigenvalue weighted by Crippen LogP contribution is -2.32. The molecule has 0 aliphatic heterocycles. The summed E-state index contributed by atoms with van der Waals surface area (Å²) in [6.45, 7) is 15.9. The Morgan fingerprint density at radius 2 is 1.33 bits per heavy atom. The SMILES string of the molecule is CC(C)(C)C.CCOC(=O)c1cc(CNC(=O)c2ccc(OCCN(C)C(=O)CCC(C)(C)CCC(=O)N(C)CCc3ccc(NC(=O)CN)cc3)cc2)ccc1F. The number of anilines is 1. The van der Waals surface area contributed by atoms with Crippen LogP contribution in [-0.2, 0) is 32.1 Å². The van der Waals surface area contributed by atoms with Crippen molar-refractivity contribution in [2.24, 2.45) is 16.6 Å². The molecule has 12 nitrogen and oxygen atoms in total. The molecule has 0 fully saturated rings. The number of rotatable bonds is 20. The molecular formula is C45H64FN5O7. The van der Waals surface area contributed by atoms with Crippen LogP contribution in [0.1, 0.15) is 106 Å².